The van der Waals surface area contributed by atoms with E-state index in [-0.39, 0.29) is 0 Å². The Kier molecular flexibility index (Phi) is 2.52. The van der Waals surface area contributed by atoms with E-state index in [2.05, 4.69) is 11.6 Å². The number of hydrogen-bond donors (Lipinski definition) is 0. The van der Waals surface area contributed by atoms with Crippen molar-refractivity contribution in [2.45, 2.75) is 36.2 Å². The van der Waals surface area contributed by atoms with Gasteiger partial charge in [0, 0.05) is 6.42 Å². The zero-order chi connectivity index (χ0) is 9.52. The Morgan fingerprint density at radius 1 is 1.00 bits per heavy atom. The lowest BCUT2D eigenvalue weighted by atomic mass is 9.91. The first kappa shape index (κ1) is 10.0. The van der Waals surface area contributed by atoms with Gasteiger partial charge in [-0.3, -0.25) is 0 Å². The van der Waals surface area contributed by atoms with Crippen LogP contribution in [0.3, 0.4) is 0 Å². The largest absolute Gasteiger partial charge is 0.250 e. The van der Waals surface area contributed by atoms with Crippen molar-refractivity contribution in [2.75, 3.05) is 0 Å². The maximum absolute atomic E-state index is 12.7. The number of hydrogen-bond acceptors (Lipinski definition) is 0. The molecule has 1 saturated carbocycles. The molecule has 1 aliphatic carbocycles. The molecule has 0 aromatic rings. The predicted octanol–water partition coefficient (Wildman–Crippen LogP) is 2.65. The van der Waals surface area contributed by atoms with Crippen molar-refractivity contribution >= 4 is 11.6 Å². The van der Waals surface area contributed by atoms with Crippen molar-refractivity contribution in [3.05, 3.63) is 0 Å². The van der Waals surface area contributed by atoms with E-state index in [9.17, 15) is 22.0 Å². The van der Waals surface area contributed by atoms with E-state index in [0.29, 0.717) is 0 Å². The fourth-order valence-electron chi connectivity index (χ4n) is 1.09. The van der Waals surface area contributed by atoms with Gasteiger partial charge in [-0.05, 0) is 0 Å². The van der Waals surface area contributed by atoms with Gasteiger partial charge in [-0.1, -0.05) is 11.6 Å². The Bertz CT molecular complexity index is 157. The van der Waals surface area contributed by atoms with Crippen molar-refractivity contribution in [2.24, 2.45) is 0 Å². The zero-order valence-corrected chi connectivity index (χ0v) is 6.54. The van der Waals surface area contributed by atoms with E-state index < -0.39 is 36.2 Å². The topological polar surface area (TPSA) is 0 Å². The number of halogens is 6. The standard InChI is InChI=1S/C6H6ClF5/c7-6(12)4(10)2(8)1-3(9)5(6)11/h2-5H,1H2. The van der Waals surface area contributed by atoms with Gasteiger partial charge in [-0.2, -0.15) is 0 Å². The summed E-state index contributed by atoms with van der Waals surface area (Å²) in [4.78, 5) is 0. The van der Waals surface area contributed by atoms with Gasteiger partial charge in [0.25, 0.3) is 5.13 Å². The fraction of sp³-hybridized carbons (Fsp3) is 1.00. The molecule has 0 N–H and O–H groups in total. The molecule has 1 fully saturated rings. The monoisotopic (exact) mass is 208 g/mol. The quantitative estimate of drug-likeness (QED) is 0.424. The Hall–Kier alpha value is -0.0600. The molecule has 1 aliphatic rings. The maximum Gasteiger partial charge on any atom is 0.250 e. The predicted molar refractivity (Wildman–Crippen MR) is 33.9 cm³/mol. The lowest BCUT2D eigenvalue weighted by molar-refractivity contribution is -0.0736. The van der Waals surface area contributed by atoms with Gasteiger partial charge in [0.1, 0.15) is 12.3 Å². The Labute approximate surface area is 70.7 Å². The van der Waals surface area contributed by atoms with E-state index in [1.54, 1.807) is 0 Å². The Balaban J connectivity index is 2.82. The van der Waals surface area contributed by atoms with Crippen LogP contribution in [0.15, 0.2) is 0 Å². The SMILES string of the molecule is FC1CC(F)C(F)C(F)(Cl)C1F. The molecule has 0 spiro atoms. The van der Waals surface area contributed by atoms with Crippen molar-refractivity contribution in [1.82, 2.24) is 0 Å². The molecule has 0 amide bonds. The van der Waals surface area contributed by atoms with Crippen LogP contribution in [0.1, 0.15) is 6.42 Å². The van der Waals surface area contributed by atoms with Gasteiger partial charge >= 0.3 is 0 Å². The Morgan fingerprint density at radius 3 is 1.67 bits per heavy atom. The highest BCUT2D eigenvalue weighted by Crippen LogP contribution is 2.42. The first-order chi connectivity index (χ1) is 5.37. The summed E-state index contributed by atoms with van der Waals surface area (Å²) < 4.78 is 62.5. The fourth-order valence-corrected chi connectivity index (χ4v) is 1.36. The lowest BCUT2D eigenvalue weighted by Crippen LogP contribution is -2.53. The average Bonchev–Trinajstić information content (AvgIpc) is 1.99. The molecule has 4 atom stereocenters. The van der Waals surface area contributed by atoms with Gasteiger partial charge in [0.2, 0.25) is 0 Å². The van der Waals surface area contributed by atoms with E-state index in [1.807, 2.05) is 0 Å². The van der Waals surface area contributed by atoms with Crippen LogP contribution in [0, 0.1) is 0 Å². The molecular formula is C6H6ClF5. The van der Waals surface area contributed by atoms with Gasteiger partial charge in [-0.15, -0.1) is 0 Å². The van der Waals surface area contributed by atoms with Gasteiger partial charge in [0.05, 0.1) is 0 Å². The molecule has 0 aliphatic heterocycles. The van der Waals surface area contributed by atoms with Gasteiger partial charge in [-0.25, -0.2) is 22.0 Å². The normalized spacial score (nSPS) is 55.5. The zero-order valence-electron chi connectivity index (χ0n) is 5.78. The third-order valence-corrected chi connectivity index (χ3v) is 2.24. The molecule has 0 saturated heterocycles. The van der Waals surface area contributed by atoms with Crippen LogP contribution >= 0.6 is 11.6 Å². The van der Waals surface area contributed by atoms with Crippen LogP contribution in [0.5, 0.6) is 0 Å². The molecule has 0 nitrogen and oxygen atoms in total. The minimum Gasteiger partial charge on any atom is -0.244 e. The molecule has 12 heavy (non-hydrogen) atoms. The molecule has 1 rings (SSSR count). The van der Waals surface area contributed by atoms with Gasteiger partial charge in [0.15, 0.2) is 12.3 Å². The third kappa shape index (κ3) is 1.39. The number of alkyl halides is 6. The summed E-state index contributed by atoms with van der Waals surface area (Å²) in [6.07, 6.45) is -11.4. The summed E-state index contributed by atoms with van der Waals surface area (Å²) >= 11 is 4.67. The maximum atomic E-state index is 12.7. The second kappa shape index (κ2) is 3.01. The van der Waals surface area contributed by atoms with Crippen LogP contribution in [-0.2, 0) is 0 Å². The highest BCUT2D eigenvalue weighted by atomic mass is 35.5. The lowest BCUT2D eigenvalue weighted by Gasteiger charge is -2.34. The van der Waals surface area contributed by atoms with Crippen LogP contribution in [0.2, 0.25) is 0 Å². The van der Waals surface area contributed by atoms with E-state index >= 15 is 0 Å². The van der Waals surface area contributed by atoms with Crippen molar-refractivity contribution in [3.63, 3.8) is 0 Å². The molecule has 0 bridgehead atoms. The smallest absolute Gasteiger partial charge is 0.244 e. The molecular weight excluding hydrogens is 203 g/mol. The first-order valence-electron chi connectivity index (χ1n) is 3.31. The highest BCUT2D eigenvalue weighted by molar-refractivity contribution is 6.23. The third-order valence-electron chi connectivity index (χ3n) is 1.82. The summed E-state index contributed by atoms with van der Waals surface area (Å²) in [5.74, 6) is 0. The number of rotatable bonds is 0. The second-order valence-electron chi connectivity index (χ2n) is 2.75. The molecule has 4 unspecified atom stereocenters. The summed E-state index contributed by atoms with van der Waals surface area (Å²) in [5, 5.41) is -3.57. The molecule has 72 valence electrons. The molecule has 6 heteroatoms. The summed E-state index contributed by atoms with van der Waals surface area (Å²) in [6.45, 7) is 0. The molecule has 0 heterocycles. The minimum atomic E-state index is -3.57. The van der Waals surface area contributed by atoms with E-state index in [1.165, 1.54) is 0 Å². The van der Waals surface area contributed by atoms with Crippen molar-refractivity contribution < 1.29 is 22.0 Å². The first-order valence-corrected chi connectivity index (χ1v) is 3.69. The van der Waals surface area contributed by atoms with E-state index in [0.717, 1.165) is 0 Å². The van der Waals surface area contributed by atoms with Crippen molar-refractivity contribution in [1.29, 1.82) is 0 Å². The van der Waals surface area contributed by atoms with Crippen molar-refractivity contribution in [3.8, 4) is 0 Å². The Morgan fingerprint density at radius 2 is 1.33 bits per heavy atom. The van der Waals surface area contributed by atoms with Crippen LogP contribution in [-0.4, -0.2) is 29.8 Å². The highest BCUT2D eigenvalue weighted by Gasteiger charge is 2.58. The molecule has 0 aromatic heterocycles. The summed E-state index contributed by atoms with van der Waals surface area (Å²) in [6, 6.07) is 0. The van der Waals surface area contributed by atoms with Gasteiger partial charge < -0.3 is 0 Å². The molecule has 0 radical (unpaired) electrons. The van der Waals surface area contributed by atoms with Crippen LogP contribution < -0.4 is 0 Å². The minimum absolute atomic E-state index is 0.985. The summed E-state index contributed by atoms with van der Waals surface area (Å²) in [7, 11) is 0. The average molecular weight is 209 g/mol. The molecule has 0 aromatic carbocycles. The second-order valence-corrected chi connectivity index (χ2v) is 3.33. The van der Waals surface area contributed by atoms with E-state index in [4.69, 9.17) is 0 Å². The summed E-state index contributed by atoms with van der Waals surface area (Å²) in [5.41, 5.74) is 0. The van der Waals surface area contributed by atoms with Crippen LogP contribution in [0.4, 0.5) is 22.0 Å². The van der Waals surface area contributed by atoms with Crippen LogP contribution in [0.25, 0.3) is 0 Å².